The Balaban J connectivity index is 2.06. The van der Waals surface area contributed by atoms with Gasteiger partial charge in [-0.3, -0.25) is 4.79 Å². The first kappa shape index (κ1) is 20.2. The van der Waals surface area contributed by atoms with Crippen molar-refractivity contribution in [1.29, 1.82) is 0 Å². The van der Waals surface area contributed by atoms with Gasteiger partial charge in [0.05, 0.1) is 17.9 Å². The van der Waals surface area contributed by atoms with Crippen LogP contribution in [0.25, 0.3) is 0 Å². The van der Waals surface area contributed by atoms with E-state index in [9.17, 15) is 22.8 Å². The number of aliphatic hydroxyl groups excluding tert-OH is 1. The third kappa shape index (κ3) is 4.98. The highest BCUT2D eigenvalue weighted by Gasteiger charge is 2.23. The number of carbonyl (C=O) groups is 2. The predicted molar refractivity (Wildman–Crippen MR) is 91.8 cm³/mol. The molecule has 144 valence electrons. The number of halogens is 3. The smallest absolute Gasteiger partial charge is 0.341 e. The summed E-state index contributed by atoms with van der Waals surface area (Å²) in [5.41, 5.74) is -0.0489. The minimum absolute atomic E-state index is 0.129. The third-order valence-electron chi connectivity index (χ3n) is 3.52. The summed E-state index contributed by atoms with van der Waals surface area (Å²) < 4.78 is 44.8. The van der Waals surface area contributed by atoms with Gasteiger partial charge in [0.1, 0.15) is 0 Å². The molecule has 0 fully saturated rings. The quantitative estimate of drug-likeness (QED) is 0.506. The van der Waals surface area contributed by atoms with Gasteiger partial charge in [-0.2, -0.15) is 0 Å². The van der Waals surface area contributed by atoms with Crippen LogP contribution in [-0.4, -0.2) is 36.2 Å². The number of carbonyl (C=O) groups excluding carboxylic acids is 2. The van der Waals surface area contributed by atoms with Crippen LogP contribution < -0.4 is 10.6 Å². The number of anilines is 2. The molecule has 0 radical (unpaired) electrons. The topological polar surface area (TPSA) is 87.7 Å². The maximum absolute atomic E-state index is 13.6. The fourth-order valence-corrected chi connectivity index (χ4v) is 2.14. The largest absolute Gasteiger partial charge is 0.449 e. The fourth-order valence-electron chi connectivity index (χ4n) is 2.14. The van der Waals surface area contributed by atoms with Crippen LogP contribution in [0.5, 0.6) is 0 Å². The van der Waals surface area contributed by atoms with Gasteiger partial charge in [-0.25, -0.2) is 18.0 Å². The maximum atomic E-state index is 13.6. The van der Waals surface area contributed by atoms with Gasteiger partial charge in [-0.15, -0.1) is 0 Å². The molecule has 3 N–H and O–H groups in total. The second-order valence-electron chi connectivity index (χ2n) is 5.46. The first-order valence-electron chi connectivity index (χ1n) is 7.94. The maximum Gasteiger partial charge on any atom is 0.341 e. The lowest BCUT2D eigenvalue weighted by molar-refractivity contribution is -0.123. The van der Waals surface area contributed by atoms with Crippen LogP contribution in [0.15, 0.2) is 36.4 Å². The van der Waals surface area contributed by atoms with Crippen LogP contribution in [0.2, 0.25) is 0 Å². The SMILES string of the molecule is C[C@@H](OC(=O)c1ccccc1NCCO)C(=O)Nc1ccc(F)c(F)c1F. The molecular formula is C18H17F3N2O4. The van der Waals surface area contributed by atoms with Crippen molar-refractivity contribution in [2.45, 2.75) is 13.0 Å². The predicted octanol–water partition coefficient (Wildman–Crippen LogP) is 2.69. The standard InChI is InChI=1S/C18H17F3N2O4/c1-10(17(25)23-14-7-6-12(19)15(20)16(14)21)27-18(26)11-4-2-3-5-13(11)22-8-9-24/h2-7,10,22,24H,8-9H2,1H3,(H,23,25)/t10-/m1/s1. The average molecular weight is 382 g/mol. The van der Waals surface area contributed by atoms with E-state index in [-0.39, 0.29) is 18.7 Å². The zero-order chi connectivity index (χ0) is 20.0. The summed E-state index contributed by atoms with van der Waals surface area (Å²) in [5, 5.41) is 13.7. The van der Waals surface area contributed by atoms with Gasteiger partial charge in [-0.1, -0.05) is 12.1 Å². The fraction of sp³-hybridized carbons (Fsp3) is 0.222. The minimum Gasteiger partial charge on any atom is -0.449 e. The summed E-state index contributed by atoms with van der Waals surface area (Å²) in [6, 6.07) is 7.82. The molecule has 0 aliphatic rings. The molecule has 2 aromatic rings. The monoisotopic (exact) mass is 382 g/mol. The number of ether oxygens (including phenoxy) is 1. The molecule has 2 aromatic carbocycles. The first-order chi connectivity index (χ1) is 12.8. The Labute approximate surface area is 153 Å². The average Bonchev–Trinajstić information content (AvgIpc) is 2.66. The van der Waals surface area contributed by atoms with E-state index in [1.54, 1.807) is 18.2 Å². The molecule has 0 aromatic heterocycles. The van der Waals surface area contributed by atoms with E-state index in [1.165, 1.54) is 13.0 Å². The first-order valence-corrected chi connectivity index (χ1v) is 7.94. The lowest BCUT2D eigenvalue weighted by atomic mass is 10.1. The van der Waals surface area contributed by atoms with E-state index in [0.717, 1.165) is 6.07 Å². The van der Waals surface area contributed by atoms with Crippen LogP contribution in [0.4, 0.5) is 24.5 Å². The van der Waals surface area contributed by atoms with Gasteiger partial charge in [0, 0.05) is 12.2 Å². The second-order valence-corrected chi connectivity index (χ2v) is 5.46. The highest BCUT2D eigenvalue weighted by molar-refractivity contribution is 5.99. The zero-order valence-electron chi connectivity index (χ0n) is 14.3. The van der Waals surface area contributed by atoms with Crippen molar-refractivity contribution in [2.24, 2.45) is 0 Å². The van der Waals surface area contributed by atoms with Crippen LogP contribution in [0, 0.1) is 17.5 Å². The summed E-state index contributed by atoms with van der Waals surface area (Å²) in [6.07, 6.45) is -1.34. The Bertz CT molecular complexity index is 845. The van der Waals surface area contributed by atoms with Crippen molar-refractivity contribution >= 4 is 23.3 Å². The molecule has 0 saturated carbocycles. The molecule has 6 nitrogen and oxygen atoms in total. The Morgan fingerprint density at radius 1 is 1.07 bits per heavy atom. The van der Waals surface area contributed by atoms with Gasteiger partial charge in [0.2, 0.25) is 0 Å². The summed E-state index contributed by atoms with van der Waals surface area (Å²) in [5.74, 6) is -6.42. The highest BCUT2D eigenvalue weighted by Crippen LogP contribution is 2.21. The van der Waals surface area contributed by atoms with Gasteiger partial charge in [0.25, 0.3) is 5.91 Å². The molecule has 0 heterocycles. The van der Waals surface area contributed by atoms with E-state index >= 15 is 0 Å². The number of aliphatic hydroxyl groups is 1. The number of amides is 1. The molecule has 0 bridgehead atoms. The number of hydrogen-bond donors (Lipinski definition) is 3. The minimum atomic E-state index is -1.72. The number of para-hydroxylation sites is 1. The van der Waals surface area contributed by atoms with Crippen LogP contribution in [0.3, 0.4) is 0 Å². The summed E-state index contributed by atoms with van der Waals surface area (Å²) >= 11 is 0. The molecule has 1 amide bonds. The summed E-state index contributed by atoms with van der Waals surface area (Å²) in [4.78, 5) is 24.3. The highest BCUT2D eigenvalue weighted by atomic mass is 19.2. The van der Waals surface area contributed by atoms with Crippen molar-refractivity contribution in [3.05, 3.63) is 59.4 Å². The number of benzene rings is 2. The van der Waals surface area contributed by atoms with E-state index in [2.05, 4.69) is 5.32 Å². The second kappa shape index (κ2) is 9.04. The third-order valence-corrected chi connectivity index (χ3v) is 3.52. The lowest BCUT2D eigenvalue weighted by Crippen LogP contribution is -2.30. The molecule has 2 rings (SSSR count). The van der Waals surface area contributed by atoms with Crippen molar-refractivity contribution < 1.29 is 32.6 Å². The van der Waals surface area contributed by atoms with Gasteiger partial charge in [0.15, 0.2) is 23.6 Å². The number of rotatable bonds is 7. The lowest BCUT2D eigenvalue weighted by Gasteiger charge is -2.16. The molecule has 0 unspecified atom stereocenters. The molecule has 1 atom stereocenters. The normalized spacial score (nSPS) is 11.6. The van der Waals surface area contributed by atoms with Crippen LogP contribution >= 0.6 is 0 Å². The van der Waals surface area contributed by atoms with Gasteiger partial charge < -0.3 is 20.5 Å². The molecular weight excluding hydrogens is 365 g/mol. The van der Waals surface area contributed by atoms with Crippen molar-refractivity contribution in [2.75, 3.05) is 23.8 Å². The van der Waals surface area contributed by atoms with Gasteiger partial charge in [-0.05, 0) is 31.2 Å². The molecule has 0 saturated heterocycles. The number of hydrogen-bond acceptors (Lipinski definition) is 5. The molecule has 27 heavy (non-hydrogen) atoms. The van der Waals surface area contributed by atoms with E-state index in [1.807, 2.05) is 5.32 Å². The number of esters is 1. The molecule has 0 aliphatic carbocycles. The van der Waals surface area contributed by atoms with Crippen LogP contribution in [-0.2, 0) is 9.53 Å². The Hall–Kier alpha value is -3.07. The van der Waals surface area contributed by atoms with Crippen molar-refractivity contribution in [3.63, 3.8) is 0 Å². The van der Waals surface area contributed by atoms with Gasteiger partial charge >= 0.3 is 5.97 Å². The Morgan fingerprint density at radius 3 is 2.48 bits per heavy atom. The van der Waals surface area contributed by atoms with Crippen LogP contribution in [0.1, 0.15) is 17.3 Å². The van der Waals surface area contributed by atoms with E-state index < -0.39 is 41.1 Å². The van der Waals surface area contributed by atoms with E-state index in [0.29, 0.717) is 11.8 Å². The van der Waals surface area contributed by atoms with Crippen molar-refractivity contribution in [1.82, 2.24) is 0 Å². The van der Waals surface area contributed by atoms with E-state index in [4.69, 9.17) is 9.84 Å². The Morgan fingerprint density at radius 2 is 1.78 bits per heavy atom. The molecule has 0 aliphatic heterocycles. The summed E-state index contributed by atoms with van der Waals surface area (Å²) in [6.45, 7) is 1.30. The molecule has 9 heteroatoms. The van der Waals surface area contributed by atoms with Crippen molar-refractivity contribution in [3.8, 4) is 0 Å². The molecule has 0 spiro atoms. The Kier molecular flexibility index (Phi) is 6.78. The zero-order valence-corrected chi connectivity index (χ0v) is 14.3. The summed E-state index contributed by atoms with van der Waals surface area (Å²) in [7, 11) is 0. The number of nitrogens with one attached hydrogen (secondary N) is 2.